The molecule has 1 fully saturated rings. The fourth-order valence-electron chi connectivity index (χ4n) is 4.62. The van der Waals surface area contributed by atoms with Gasteiger partial charge in [0.05, 0.1) is 0 Å². The monoisotopic (exact) mass is 365 g/mol. The molecule has 1 aliphatic carbocycles. The van der Waals surface area contributed by atoms with Crippen LogP contribution in [0.25, 0.3) is 5.69 Å². The van der Waals surface area contributed by atoms with Crippen LogP contribution >= 0.6 is 0 Å². The number of nitrogens with zero attached hydrogens (tertiary/aromatic N) is 1. The van der Waals surface area contributed by atoms with Crippen molar-refractivity contribution in [2.45, 2.75) is 103 Å². The van der Waals surface area contributed by atoms with Crippen molar-refractivity contribution in [2.75, 3.05) is 0 Å². The predicted octanol–water partition coefficient (Wildman–Crippen LogP) is 7.99. The summed E-state index contributed by atoms with van der Waals surface area (Å²) in [6, 6.07) is 9.46. The van der Waals surface area contributed by atoms with Crippen LogP contribution in [0, 0.1) is 0 Å². The molecule has 1 heteroatoms. The maximum absolute atomic E-state index is 2.41. The Kier molecular flexibility index (Phi) is 8.05. The number of unbranched alkanes of at least 4 members (excludes halogenated alkanes) is 4. The van der Waals surface area contributed by atoms with E-state index in [9.17, 15) is 0 Å². The SMILES string of the molecule is CCCCCc1cn(-c2ccc(C3CCCCC3)cc2)cc1CCCCC. The van der Waals surface area contributed by atoms with Crippen LogP contribution in [0.1, 0.15) is 107 Å². The minimum atomic E-state index is 0.798. The molecule has 1 nitrogen and oxygen atoms in total. The van der Waals surface area contributed by atoms with Gasteiger partial charge in [0.15, 0.2) is 0 Å². The molecule has 0 aliphatic heterocycles. The summed E-state index contributed by atoms with van der Waals surface area (Å²) in [4.78, 5) is 0. The molecule has 3 rings (SSSR count). The summed E-state index contributed by atoms with van der Waals surface area (Å²) in [5.41, 5.74) is 6.04. The second-order valence-corrected chi connectivity index (χ2v) is 8.56. The van der Waals surface area contributed by atoms with Crippen LogP contribution in [0.3, 0.4) is 0 Å². The first-order valence-corrected chi connectivity index (χ1v) is 11.6. The summed E-state index contributed by atoms with van der Waals surface area (Å²) >= 11 is 0. The highest BCUT2D eigenvalue weighted by atomic mass is 14.9. The first kappa shape index (κ1) is 20.2. The molecule has 0 amide bonds. The standard InChI is InChI=1S/C26H39N/c1-3-5-8-14-24-20-27(21-25(24)15-9-6-4-2)26-18-16-23(17-19-26)22-12-10-7-11-13-22/h16-22H,3-15H2,1-2H3. The van der Waals surface area contributed by atoms with Gasteiger partial charge in [0.1, 0.15) is 0 Å². The highest BCUT2D eigenvalue weighted by Crippen LogP contribution is 2.33. The van der Waals surface area contributed by atoms with E-state index >= 15 is 0 Å². The summed E-state index contributed by atoms with van der Waals surface area (Å²) in [7, 11) is 0. The number of hydrogen-bond donors (Lipinski definition) is 0. The van der Waals surface area contributed by atoms with Gasteiger partial charge in [-0.3, -0.25) is 0 Å². The van der Waals surface area contributed by atoms with Crippen LogP contribution in [0.5, 0.6) is 0 Å². The lowest BCUT2D eigenvalue weighted by Gasteiger charge is -2.22. The van der Waals surface area contributed by atoms with E-state index in [1.54, 1.807) is 16.7 Å². The Morgan fingerprint density at radius 3 is 1.81 bits per heavy atom. The van der Waals surface area contributed by atoms with Crippen molar-refractivity contribution in [3.05, 3.63) is 53.3 Å². The van der Waals surface area contributed by atoms with Crippen molar-refractivity contribution < 1.29 is 0 Å². The molecular formula is C26H39N. The van der Waals surface area contributed by atoms with Crippen LogP contribution in [0.4, 0.5) is 0 Å². The summed E-state index contributed by atoms with van der Waals surface area (Å²) in [6.45, 7) is 4.59. The van der Waals surface area contributed by atoms with Gasteiger partial charge in [-0.2, -0.15) is 0 Å². The van der Waals surface area contributed by atoms with Crippen LogP contribution < -0.4 is 0 Å². The number of hydrogen-bond acceptors (Lipinski definition) is 0. The van der Waals surface area contributed by atoms with Crippen LogP contribution in [0.2, 0.25) is 0 Å². The predicted molar refractivity (Wildman–Crippen MR) is 118 cm³/mol. The summed E-state index contributed by atoms with van der Waals surface area (Å²) < 4.78 is 2.38. The van der Waals surface area contributed by atoms with Crippen molar-refractivity contribution in [3.63, 3.8) is 0 Å². The molecule has 0 unspecified atom stereocenters. The van der Waals surface area contributed by atoms with E-state index in [2.05, 4.69) is 55.1 Å². The molecule has 27 heavy (non-hydrogen) atoms. The van der Waals surface area contributed by atoms with Crippen LogP contribution in [-0.2, 0) is 12.8 Å². The molecule has 2 aromatic rings. The van der Waals surface area contributed by atoms with E-state index < -0.39 is 0 Å². The van der Waals surface area contributed by atoms with Crippen LogP contribution in [-0.4, -0.2) is 4.57 Å². The fourth-order valence-corrected chi connectivity index (χ4v) is 4.62. The third-order valence-electron chi connectivity index (χ3n) is 6.37. The Bertz CT molecular complexity index is 631. The van der Waals surface area contributed by atoms with Gasteiger partial charge in [-0.25, -0.2) is 0 Å². The van der Waals surface area contributed by atoms with Gasteiger partial charge in [0.25, 0.3) is 0 Å². The van der Waals surface area contributed by atoms with E-state index in [4.69, 9.17) is 0 Å². The molecule has 0 bridgehead atoms. The molecule has 0 saturated heterocycles. The Morgan fingerprint density at radius 2 is 1.30 bits per heavy atom. The maximum atomic E-state index is 2.41. The largest absolute Gasteiger partial charge is 0.323 e. The number of rotatable bonds is 10. The highest BCUT2D eigenvalue weighted by molar-refractivity contribution is 5.40. The van der Waals surface area contributed by atoms with Crippen LogP contribution in [0.15, 0.2) is 36.7 Å². The zero-order chi connectivity index (χ0) is 18.9. The van der Waals surface area contributed by atoms with Crippen molar-refractivity contribution in [1.82, 2.24) is 4.57 Å². The molecule has 1 aliphatic rings. The highest BCUT2D eigenvalue weighted by Gasteiger charge is 2.15. The number of aryl methyl sites for hydroxylation is 2. The van der Waals surface area contributed by atoms with Crippen molar-refractivity contribution in [2.24, 2.45) is 0 Å². The molecule has 1 aromatic carbocycles. The van der Waals surface area contributed by atoms with E-state index in [0.29, 0.717) is 0 Å². The second kappa shape index (κ2) is 10.7. The Labute approximate surface area is 167 Å². The minimum absolute atomic E-state index is 0.798. The average Bonchev–Trinajstić information content (AvgIpc) is 3.12. The van der Waals surface area contributed by atoms with Gasteiger partial charge < -0.3 is 4.57 Å². The minimum Gasteiger partial charge on any atom is -0.323 e. The van der Waals surface area contributed by atoms with E-state index in [-0.39, 0.29) is 0 Å². The smallest absolute Gasteiger partial charge is 0.0449 e. The molecule has 0 spiro atoms. The third-order valence-corrected chi connectivity index (χ3v) is 6.37. The van der Waals surface area contributed by atoms with Gasteiger partial charge in [0.2, 0.25) is 0 Å². The zero-order valence-electron chi connectivity index (χ0n) is 17.7. The summed E-state index contributed by atoms with van der Waals surface area (Å²) in [6.07, 6.45) is 22.2. The normalized spacial score (nSPS) is 15.3. The average molecular weight is 366 g/mol. The third kappa shape index (κ3) is 5.74. The first-order valence-electron chi connectivity index (χ1n) is 11.6. The quantitative estimate of drug-likeness (QED) is 0.376. The topological polar surface area (TPSA) is 4.93 Å². The lowest BCUT2D eigenvalue weighted by atomic mass is 9.84. The Morgan fingerprint density at radius 1 is 0.741 bits per heavy atom. The van der Waals surface area contributed by atoms with E-state index in [0.717, 1.165) is 5.92 Å². The Hall–Kier alpha value is -1.50. The molecule has 1 saturated carbocycles. The summed E-state index contributed by atoms with van der Waals surface area (Å²) in [5, 5.41) is 0. The van der Waals surface area contributed by atoms with Gasteiger partial charge >= 0.3 is 0 Å². The molecule has 0 atom stereocenters. The van der Waals surface area contributed by atoms with Crippen molar-refractivity contribution in [3.8, 4) is 5.69 Å². The van der Waals surface area contributed by atoms with Crippen molar-refractivity contribution >= 4 is 0 Å². The number of benzene rings is 1. The summed E-state index contributed by atoms with van der Waals surface area (Å²) in [5.74, 6) is 0.798. The van der Waals surface area contributed by atoms with Crippen molar-refractivity contribution in [1.29, 1.82) is 0 Å². The van der Waals surface area contributed by atoms with Gasteiger partial charge in [-0.1, -0.05) is 70.9 Å². The molecule has 148 valence electrons. The fraction of sp³-hybridized carbons (Fsp3) is 0.615. The molecule has 0 radical (unpaired) electrons. The molecule has 1 heterocycles. The lowest BCUT2D eigenvalue weighted by molar-refractivity contribution is 0.443. The van der Waals surface area contributed by atoms with E-state index in [1.807, 2.05) is 0 Å². The molecule has 1 aromatic heterocycles. The molecular weight excluding hydrogens is 326 g/mol. The second-order valence-electron chi connectivity index (χ2n) is 8.56. The van der Waals surface area contributed by atoms with Gasteiger partial charge in [-0.05, 0) is 73.3 Å². The van der Waals surface area contributed by atoms with Gasteiger partial charge in [0, 0.05) is 18.1 Å². The molecule has 0 N–H and O–H groups in total. The first-order chi connectivity index (χ1) is 13.3. The van der Waals surface area contributed by atoms with Gasteiger partial charge in [-0.15, -0.1) is 0 Å². The Balaban J connectivity index is 1.72. The number of aromatic nitrogens is 1. The van der Waals surface area contributed by atoms with E-state index in [1.165, 1.54) is 89.2 Å². The maximum Gasteiger partial charge on any atom is 0.0449 e. The lowest BCUT2D eigenvalue weighted by Crippen LogP contribution is -2.04. The zero-order valence-corrected chi connectivity index (χ0v) is 17.7.